The molecule has 6 nitrogen and oxygen atoms in total. The van der Waals surface area contributed by atoms with E-state index in [1.165, 1.54) is 0 Å². The van der Waals surface area contributed by atoms with Gasteiger partial charge < -0.3 is 19.1 Å². The summed E-state index contributed by atoms with van der Waals surface area (Å²) in [5.74, 6) is -1.21. The highest BCUT2D eigenvalue weighted by Gasteiger charge is 2.42. The van der Waals surface area contributed by atoms with Gasteiger partial charge in [-0.05, 0) is 11.6 Å². The van der Waals surface area contributed by atoms with Gasteiger partial charge in [-0.15, -0.1) is 0 Å². The molecule has 0 aromatic rings. The van der Waals surface area contributed by atoms with Crippen molar-refractivity contribution in [1.29, 1.82) is 0 Å². The van der Waals surface area contributed by atoms with E-state index in [2.05, 4.69) is 0 Å². The predicted molar refractivity (Wildman–Crippen MR) is 68.6 cm³/mol. The van der Waals surface area contributed by atoms with Gasteiger partial charge in [0.1, 0.15) is 6.61 Å². The lowest BCUT2D eigenvalue weighted by Crippen LogP contribution is -2.46. The number of ether oxygens (including phenoxy) is 1. The maximum Gasteiger partial charge on any atom is 0.352 e. The molecule has 2 atom stereocenters. The second-order valence-electron chi connectivity index (χ2n) is 3.45. The van der Waals surface area contributed by atoms with Gasteiger partial charge in [-0.3, -0.25) is 9.36 Å². The van der Waals surface area contributed by atoms with E-state index in [0.29, 0.717) is 0 Å². The van der Waals surface area contributed by atoms with Crippen LogP contribution in [0.5, 0.6) is 0 Å². The highest BCUT2D eigenvalue weighted by Crippen LogP contribution is 2.51. The van der Waals surface area contributed by atoms with Crippen LogP contribution >= 0.6 is 54.0 Å². The molecule has 0 bridgehead atoms. The maximum absolute atomic E-state index is 12.0. The Labute approximate surface area is 124 Å². The molecular weight excluding hydrogens is 351 g/mol. The quantitative estimate of drug-likeness (QED) is 0.362. The Morgan fingerprint density at radius 3 is 2.67 bits per heavy atom. The zero-order chi connectivity index (χ0) is 14.0. The summed E-state index contributed by atoms with van der Waals surface area (Å²) in [7, 11) is -4.23. The average Bonchev–Trinajstić information content (AvgIpc) is 2.26. The molecule has 1 aliphatic heterocycles. The summed E-state index contributed by atoms with van der Waals surface area (Å²) in [4.78, 5) is 21.9. The van der Waals surface area contributed by atoms with Crippen LogP contribution < -0.4 is 0 Å². The molecule has 0 spiro atoms. The number of carbonyl (C=O) groups is 1. The van der Waals surface area contributed by atoms with Crippen molar-refractivity contribution >= 4 is 59.4 Å². The van der Waals surface area contributed by atoms with Crippen LogP contribution in [0, 0.1) is 0 Å². The summed E-state index contributed by atoms with van der Waals surface area (Å²) >= 11 is 21.6. The molecule has 1 amide bonds. The molecule has 2 unspecified atom stereocenters. The van der Waals surface area contributed by atoms with E-state index in [9.17, 15) is 14.3 Å². The van der Waals surface area contributed by atoms with Gasteiger partial charge in [0, 0.05) is 6.54 Å². The van der Waals surface area contributed by atoms with Crippen LogP contribution in [-0.4, -0.2) is 51.1 Å². The third-order valence-electron chi connectivity index (χ3n) is 2.12. The van der Waals surface area contributed by atoms with Crippen LogP contribution in [0.4, 0.5) is 4.79 Å². The summed E-state index contributed by atoms with van der Waals surface area (Å²) in [5.41, 5.74) is 0. The number of carbonyl (C=O) groups excluding carboxylic acids is 1. The van der Waals surface area contributed by atoms with Crippen LogP contribution in [0.2, 0.25) is 0 Å². The number of hydrogen-bond donors (Lipinski definition) is 1. The number of amides is 1. The highest BCUT2D eigenvalue weighted by atomic mass is 35.6. The van der Waals surface area contributed by atoms with Gasteiger partial charge in [0.15, 0.2) is 5.78 Å². The molecule has 0 aliphatic carbocycles. The van der Waals surface area contributed by atoms with Crippen molar-refractivity contribution in [2.75, 3.05) is 26.4 Å². The van der Waals surface area contributed by atoms with Crippen molar-refractivity contribution < 1.29 is 23.5 Å². The van der Waals surface area contributed by atoms with Crippen molar-refractivity contribution in [2.24, 2.45) is 0 Å². The second-order valence-corrected chi connectivity index (χ2v) is 8.28. The molecule has 1 aliphatic rings. The van der Waals surface area contributed by atoms with Crippen LogP contribution in [0.25, 0.3) is 0 Å². The van der Waals surface area contributed by atoms with E-state index in [4.69, 9.17) is 55.7 Å². The molecule has 1 N–H and O–H groups in total. The number of morpholine rings is 1. The SMILES string of the molecule is O=C(Cl)N1CCOCC1P(=O)(O)OCC(Cl)(Cl)Cl. The van der Waals surface area contributed by atoms with Gasteiger partial charge in [-0.2, -0.15) is 0 Å². The van der Waals surface area contributed by atoms with Gasteiger partial charge in [0.2, 0.25) is 3.79 Å². The first-order valence-electron chi connectivity index (χ1n) is 4.71. The average molecular weight is 361 g/mol. The first-order chi connectivity index (χ1) is 8.13. The number of alkyl halides is 3. The van der Waals surface area contributed by atoms with Crippen molar-refractivity contribution in [1.82, 2.24) is 4.90 Å². The normalized spacial score (nSPS) is 24.7. The minimum atomic E-state index is -4.23. The lowest BCUT2D eigenvalue weighted by molar-refractivity contribution is 0.0334. The van der Waals surface area contributed by atoms with Crippen LogP contribution in [-0.2, 0) is 13.8 Å². The summed E-state index contributed by atoms with van der Waals surface area (Å²) < 4.78 is 19.8. The van der Waals surface area contributed by atoms with Crippen LogP contribution in [0.1, 0.15) is 0 Å². The minimum Gasteiger partial charge on any atom is -0.377 e. The summed E-state index contributed by atoms with van der Waals surface area (Å²) in [5, 5.41) is -0.866. The van der Waals surface area contributed by atoms with Crippen LogP contribution in [0.3, 0.4) is 0 Å². The van der Waals surface area contributed by atoms with Gasteiger partial charge in [0.05, 0.1) is 13.2 Å². The molecule has 106 valence electrons. The van der Waals surface area contributed by atoms with Gasteiger partial charge in [-0.25, -0.2) is 0 Å². The molecule has 0 saturated carbocycles. The first kappa shape index (κ1) is 16.8. The van der Waals surface area contributed by atoms with Gasteiger partial charge in [0.25, 0.3) is 0 Å². The monoisotopic (exact) mass is 359 g/mol. The van der Waals surface area contributed by atoms with Gasteiger partial charge in [-0.1, -0.05) is 34.8 Å². The van der Waals surface area contributed by atoms with Crippen LogP contribution in [0.15, 0.2) is 0 Å². The first-order valence-corrected chi connectivity index (χ1v) is 7.87. The fraction of sp³-hybridized carbons (Fsp3) is 0.857. The lowest BCUT2D eigenvalue weighted by Gasteiger charge is -2.35. The maximum atomic E-state index is 12.0. The van der Waals surface area contributed by atoms with E-state index >= 15 is 0 Å². The van der Waals surface area contributed by atoms with E-state index in [1.54, 1.807) is 0 Å². The molecule has 0 aromatic heterocycles. The molecule has 1 saturated heterocycles. The zero-order valence-electron chi connectivity index (χ0n) is 8.89. The summed E-state index contributed by atoms with van der Waals surface area (Å²) in [6, 6.07) is 0. The largest absolute Gasteiger partial charge is 0.377 e. The molecule has 1 fully saturated rings. The topological polar surface area (TPSA) is 76.1 Å². The van der Waals surface area contributed by atoms with Crippen molar-refractivity contribution in [3.8, 4) is 0 Å². The Hall–Kier alpha value is 0.740. The van der Waals surface area contributed by atoms with Crippen molar-refractivity contribution in [3.05, 3.63) is 0 Å². The molecule has 18 heavy (non-hydrogen) atoms. The summed E-state index contributed by atoms with van der Waals surface area (Å²) in [6.07, 6.45) is 0. The molecular formula is C7H10Cl4NO5P. The fourth-order valence-electron chi connectivity index (χ4n) is 1.32. The van der Waals surface area contributed by atoms with E-state index in [1.807, 2.05) is 0 Å². The van der Waals surface area contributed by atoms with Crippen molar-refractivity contribution in [3.63, 3.8) is 0 Å². The highest BCUT2D eigenvalue weighted by molar-refractivity contribution is 7.53. The Morgan fingerprint density at radius 1 is 1.56 bits per heavy atom. The Balaban J connectivity index is 2.75. The Kier molecular flexibility index (Phi) is 6.03. The molecule has 1 rings (SSSR count). The minimum absolute atomic E-state index is 0.0919. The number of rotatable bonds is 3. The molecule has 11 heteroatoms. The predicted octanol–water partition coefficient (Wildman–Crippen LogP) is 2.58. The zero-order valence-corrected chi connectivity index (χ0v) is 12.8. The number of hydrogen-bond acceptors (Lipinski definition) is 4. The fourth-order valence-corrected chi connectivity index (χ4v) is 3.40. The molecule has 0 radical (unpaired) electrons. The third kappa shape index (κ3) is 5.02. The lowest BCUT2D eigenvalue weighted by atomic mass is 10.5. The molecule has 1 heterocycles. The smallest absolute Gasteiger partial charge is 0.352 e. The Bertz CT molecular complexity index is 362. The third-order valence-corrected chi connectivity index (χ3v) is 4.34. The molecule has 0 aromatic carbocycles. The standard InChI is InChI=1S/C7H10Cl4NO5P/c8-6(13)12-1-2-16-3-5(12)18(14,15)17-4-7(9,10)11/h5H,1-4H2,(H,14,15). The van der Waals surface area contributed by atoms with E-state index < -0.39 is 29.1 Å². The van der Waals surface area contributed by atoms with Crippen molar-refractivity contribution in [2.45, 2.75) is 9.58 Å². The number of halogens is 4. The van der Waals surface area contributed by atoms with Gasteiger partial charge >= 0.3 is 13.0 Å². The van der Waals surface area contributed by atoms with E-state index in [-0.39, 0.29) is 19.8 Å². The van der Waals surface area contributed by atoms with E-state index in [0.717, 1.165) is 4.90 Å². The second kappa shape index (κ2) is 6.46. The Morgan fingerprint density at radius 2 is 2.17 bits per heavy atom. The number of nitrogens with zero attached hydrogens (tertiary/aromatic N) is 1. The summed E-state index contributed by atoms with van der Waals surface area (Å²) in [6.45, 7) is -0.452.